The maximum atomic E-state index is 9.80. The second-order valence-corrected chi connectivity index (χ2v) is 9.21. The number of rotatable bonds is 3. The Balaban J connectivity index is 1.28. The molecule has 0 radical (unpaired) electrons. The fraction of sp³-hybridized carbons (Fsp3) is 0.762. The molecule has 1 atom stereocenters. The number of aliphatic hydroxyl groups excluding tert-OH is 1. The molecule has 4 aliphatic carbocycles. The Morgan fingerprint density at radius 3 is 2.16 bits per heavy atom. The monoisotopic (exact) mass is 341 g/mol. The quantitative estimate of drug-likeness (QED) is 0.916. The molecule has 0 spiro atoms. The Kier molecular flexibility index (Phi) is 3.83. The lowest BCUT2D eigenvalue weighted by atomic mass is 9.52. The highest BCUT2D eigenvalue weighted by Gasteiger charge is 2.53. The Hall–Kier alpha value is -1.13. The maximum Gasteiger partial charge on any atom is 0.129 e. The molecule has 1 aromatic rings. The molecule has 4 saturated carbocycles. The fourth-order valence-electron chi connectivity index (χ4n) is 6.71. The zero-order valence-corrected chi connectivity index (χ0v) is 15.4. The van der Waals surface area contributed by atoms with Crippen molar-refractivity contribution in [3.8, 4) is 0 Å². The molecule has 4 heteroatoms. The molecule has 1 aliphatic heterocycles. The molecule has 4 nitrogen and oxygen atoms in total. The molecule has 5 aliphatic rings. The summed E-state index contributed by atoms with van der Waals surface area (Å²) in [6.45, 7) is 6.27. The third-order valence-electron chi connectivity index (χ3n) is 7.46. The molecule has 136 valence electrons. The molecule has 1 saturated heterocycles. The number of hydrogen-bond acceptors (Lipinski definition) is 4. The second-order valence-electron chi connectivity index (χ2n) is 9.21. The SMILES string of the molecule is CC(O)c1cccc(N2CCN(C34CC5CC(CC(C5)C3)C4)CC2)n1. The van der Waals surface area contributed by atoms with Gasteiger partial charge >= 0.3 is 0 Å². The Morgan fingerprint density at radius 1 is 1.00 bits per heavy atom. The van der Waals surface area contributed by atoms with Crippen LogP contribution in [0.5, 0.6) is 0 Å². The summed E-state index contributed by atoms with van der Waals surface area (Å²) in [5, 5.41) is 9.80. The maximum absolute atomic E-state index is 9.80. The summed E-state index contributed by atoms with van der Waals surface area (Å²) in [6, 6.07) is 6.03. The number of aliphatic hydroxyl groups is 1. The zero-order chi connectivity index (χ0) is 17.0. The first-order valence-electron chi connectivity index (χ1n) is 10.3. The fourth-order valence-corrected chi connectivity index (χ4v) is 6.71. The molecule has 0 amide bonds. The van der Waals surface area contributed by atoms with Crippen molar-refractivity contribution in [2.24, 2.45) is 17.8 Å². The summed E-state index contributed by atoms with van der Waals surface area (Å²) < 4.78 is 0. The highest BCUT2D eigenvalue weighted by molar-refractivity contribution is 5.40. The van der Waals surface area contributed by atoms with Crippen LogP contribution < -0.4 is 4.90 Å². The summed E-state index contributed by atoms with van der Waals surface area (Å²) >= 11 is 0. The second kappa shape index (κ2) is 5.95. The Labute approximate surface area is 151 Å². The van der Waals surface area contributed by atoms with E-state index in [1.807, 2.05) is 12.1 Å². The summed E-state index contributed by atoms with van der Waals surface area (Å²) in [6.07, 6.45) is 8.48. The minimum Gasteiger partial charge on any atom is -0.387 e. The number of aromatic nitrogens is 1. The molecule has 1 N–H and O–H groups in total. The van der Waals surface area contributed by atoms with Gasteiger partial charge in [0.25, 0.3) is 0 Å². The van der Waals surface area contributed by atoms with E-state index < -0.39 is 6.10 Å². The smallest absolute Gasteiger partial charge is 0.129 e. The van der Waals surface area contributed by atoms with Gasteiger partial charge in [0, 0.05) is 31.7 Å². The van der Waals surface area contributed by atoms with E-state index in [1.54, 1.807) is 6.92 Å². The van der Waals surface area contributed by atoms with Crippen LogP contribution in [0.4, 0.5) is 5.82 Å². The van der Waals surface area contributed by atoms with Gasteiger partial charge < -0.3 is 10.0 Å². The van der Waals surface area contributed by atoms with Crippen molar-refractivity contribution in [3.05, 3.63) is 23.9 Å². The summed E-state index contributed by atoms with van der Waals surface area (Å²) in [4.78, 5) is 9.93. The summed E-state index contributed by atoms with van der Waals surface area (Å²) in [7, 11) is 0. The van der Waals surface area contributed by atoms with E-state index in [2.05, 4.69) is 20.9 Å². The average molecular weight is 341 g/mol. The molecular formula is C21H31N3O. The van der Waals surface area contributed by atoms with Crippen LogP contribution in [0.1, 0.15) is 57.2 Å². The van der Waals surface area contributed by atoms with Crippen molar-refractivity contribution in [1.82, 2.24) is 9.88 Å². The van der Waals surface area contributed by atoms with Gasteiger partial charge in [-0.2, -0.15) is 0 Å². The third-order valence-corrected chi connectivity index (χ3v) is 7.46. The van der Waals surface area contributed by atoms with Crippen LogP contribution in [-0.4, -0.2) is 46.7 Å². The standard InChI is InChI=1S/C21H31N3O/c1-15(25)19-3-2-4-20(22-19)23-5-7-24(8-6-23)21-12-16-9-17(13-21)11-18(10-16)14-21/h2-4,15-18,25H,5-14H2,1H3. The number of hydrogen-bond donors (Lipinski definition) is 1. The van der Waals surface area contributed by atoms with Gasteiger partial charge in [0.15, 0.2) is 0 Å². The van der Waals surface area contributed by atoms with Gasteiger partial charge in [0.1, 0.15) is 5.82 Å². The van der Waals surface area contributed by atoms with Gasteiger partial charge in [-0.3, -0.25) is 4.90 Å². The highest BCUT2D eigenvalue weighted by Crippen LogP contribution is 2.57. The molecular weight excluding hydrogens is 310 g/mol. The zero-order valence-electron chi connectivity index (χ0n) is 15.4. The predicted octanol–water partition coefficient (Wildman–Crippen LogP) is 3.23. The van der Waals surface area contributed by atoms with Crippen LogP contribution in [0, 0.1) is 17.8 Å². The average Bonchev–Trinajstić information content (AvgIpc) is 2.61. The lowest BCUT2D eigenvalue weighted by Gasteiger charge is -2.61. The first-order chi connectivity index (χ1) is 12.1. The predicted molar refractivity (Wildman–Crippen MR) is 99.6 cm³/mol. The van der Waals surface area contributed by atoms with Crippen molar-refractivity contribution in [1.29, 1.82) is 0 Å². The first-order valence-corrected chi connectivity index (χ1v) is 10.3. The van der Waals surface area contributed by atoms with E-state index in [9.17, 15) is 5.11 Å². The van der Waals surface area contributed by atoms with E-state index in [-0.39, 0.29) is 0 Å². The molecule has 0 aromatic carbocycles. The Morgan fingerprint density at radius 2 is 1.60 bits per heavy atom. The summed E-state index contributed by atoms with van der Waals surface area (Å²) in [5.41, 5.74) is 1.32. The number of nitrogens with zero attached hydrogens (tertiary/aromatic N) is 3. The van der Waals surface area contributed by atoms with Crippen molar-refractivity contribution < 1.29 is 5.11 Å². The van der Waals surface area contributed by atoms with Crippen LogP contribution in [-0.2, 0) is 0 Å². The summed E-state index contributed by atoms with van der Waals surface area (Å²) in [5.74, 6) is 4.10. The van der Waals surface area contributed by atoms with E-state index in [0.29, 0.717) is 5.54 Å². The van der Waals surface area contributed by atoms with Crippen molar-refractivity contribution >= 4 is 5.82 Å². The molecule has 1 unspecified atom stereocenters. The van der Waals surface area contributed by atoms with Crippen LogP contribution in [0.25, 0.3) is 0 Å². The van der Waals surface area contributed by atoms with Gasteiger partial charge in [0.05, 0.1) is 11.8 Å². The highest BCUT2D eigenvalue weighted by atomic mass is 16.3. The molecule has 5 fully saturated rings. The minimum atomic E-state index is -0.492. The van der Waals surface area contributed by atoms with Crippen molar-refractivity contribution in [2.75, 3.05) is 31.1 Å². The Bertz CT molecular complexity index is 600. The largest absolute Gasteiger partial charge is 0.387 e. The van der Waals surface area contributed by atoms with E-state index in [1.165, 1.54) is 51.6 Å². The number of pyridine rings is 1. The van der Waals surface area contributed by atoms with Gasteiger partial charge in [-0.1, -0.05) is 6.07 Å². The van der Waals surface area contributed by atoms with Gasteiger partial charge in [-0.15, -0.1) is 0 Å². The number of anilines is 1. The molecule has 1 aromatic heterocycles. The minimum absolute atomic E-state index is 0.492. The van der Waals surface area contributed by atoms with Crippen LogP contribution in [0.3, 0.4) is 0 Å². The van der Waals surface area contributed by atoms with Gasteiger partial charge in [0.2, 0.25) is 0 Å². The van der Waals surface area contributed by atoms with Crippen molar-refractivity contribution in [2.45, 2.75) is 57.1 Å². The normalized spacial score (nSPS) is 39.0. The van der Waals surface area contributed by atoms with Gasteiger partial charge in [-0.05, 0) is 75.3 Å². The number of piperazine rings is 1. The molecule has 4 bridgehead atoms. The van der Waals surface area contributed by atoms with Crippen molar-refractivity contribution in [3.63, 3.8) is 0 Å². The molecule has 6 rings (SSSR count). The van der Waals surface area contributed by atoms with Crippen LogP contribution in [0.15, 0.2) is 18.2 Å². The van der Waals surface area contributed by atoms with Crippen LogP contribution >= 0.6 is 0 Å². The molecule has 25 heavy (non-hydrogen) atoms. The topological polar surface area (TPSA) is 39.6 Å². The van der Waals surface area contributed by atoms with E-state index in [0.717, 1.165) is 42.4 Å². The lowest BCUT2D eigenvalue weighted by molar-refractivity contribution is -0.0901. The van der Waals surface area contributed by atoms with Crippen LogP contribution in [0.2, 0.25) is 0 Å². The third kappa shape index (κ3) is 2.78. The first kappa shape index (κ1) is 16.1. The lowest BCUT2D eigenvalue weighted by Crippen LogP contribution is -2.64. The van der Waals surface area contributed by atoms with E-state index >= 15 is 0 Å². The van der Waals surface area contributed by atoms with E-state index in [4.69, 9.17) is 0 Å². The molecule has 2 heterocycles. The van der Waals surface area contributed by atoms with Gasteiger partial charge in [-0.25, -0.2) is 4.98 Å².